The number of oxazole rings is 1. The summed E-state index contributed by atoms with van der Waals surface area (Å²) in [6, 6.07) is 16.1. The van der Waals surface area contributed by atoms with Gasteiger partial charge in [-0.25, -0.2) is 4.98 Å². The van der Waals surface area contributed by atoms with Gasteiger partial charge in [-0.2, -0.15) is 0 Å². The molecule has 1 fully saturated rings. The number of hydrogen-bond acceptors (Lipinski definition) is 5. The van der Waals surface area contributed by atoms with Crippen molar-refractivity contribution >= 4 is 12.0 Å². The van der Waals surface area contributed by atoms with E-state index in [-0.39, 0.29) is 24.4 Å². The van der Waals surface area contributed by atoms with Crippen LogP contribution < -0.4 is 4.74 Å². The lowest BCUT2D eigenvalue weighted by Crippen LogP contribution is -2.40. The lowest BCUT2D eigenvalue weighted by atomic mass is 9.74. The molecule has 3 aromatic rings. The van der Waals surface area contributed by atoms with Gasteiger partial charge >= 0.3 is 5.97 Å². The van der Waals surface area contributed by atoms with Gasteiger partial charge in [-0.15, -0.1) is 5.92 Å². The van der Waals surface area contributed by atoms with Crippen molar-refractivity contribution in [3.05, 3.63) is 89.1 Å². The van der Waals surface area contributed by atoms with Crippen LogP contribution in [0.2, 0.25) is 0 Å². The summed E-state index contributed by atoms with van der Waals surface area (Å²) in [6.45, 7) is 4.72. The second-order valence-electron chi connectivity index (χ2n) is 9.48. The van der Waals surface area contributed by atoms with E-state index in [1.165, 1.54) is 11.1 Å². The molecule has 1 aliphatic heterocycles. The lowest BCUT2D eigenvalue weighted by Gasteiger charge is -2.39. The summed E-state index contributed by atoms with van der Waals surface area (Å²) in [7, 11) is 0. The predicted molar refractivity (Wildman–Crippen MR) is 137 cm³/mol. The molecule has 6 nitrogen and oxygen atoms in total. The third-order valence-corrected chi connectivity index (χ3v) is 7.15. The minimum absolute atomic E-state index is 0.0257. The minimum Gasteiger partial charge on any atom is -0.484 e. The van der Waals surface area contributed by atoms with Gasteiger partial charge in [0.25, 0.3) is 0 Å². The Balaban J connectivity index is 1.12. The maximum Gasteiger partial charge on any atom is 0.304 e. The fraction of sp³-hybridized carbons (Fsp3) is 0.333. The molecule has 2 aliphatic rings. The molecule has 2 heterocycles. The Morgan fingerprint density at radius 3 is 2.72 bits per heavy atom. The number of carboxylic acids is 1. The van der Waals surface area contributed by atoms with Crippen LogP contribution in [0, 0.1) is 11.8 Å². The van der Waals surface area contributed by atoms with Crippen molar-refractivity contribution in [3.63, 3.8) is 0 Å². The van der Waals surface area contributed by atoms with Crippen molar-refractivity contribution in [2.24, 2.45) is 0 Å². The fourth-order valence-corrected chi connectivity index (χ4v) is 5.23. The Bertz CT molecular complexity index is 1300. The van der Waals surface area contributed by atoms with E-state index >= 15 is 0 Å². The summed E-state index contributed by atoms with van der Waals surface area (Å²) < 4.78 is 11.8. The molecule has 6 heteroatoms. The van der Waals surface area contributed by atoms with E-state index in [1.807, 2.05) is 24.3 Å². The number of rotatable bonds is 8. The Labute approximate surface area is 211 Å². The third kappa shape index (κ3) is 5.22. The second kappa shape index (κ2) is 10.4. The van der Waals surface area contributed by atoms with Crippen LogP contribution in [-0.4, -0.2) is 34.0 Å². The second-order valence-corrected chi connectivity index (χ2v) is 9.48. The van der Waals surface area contributed by atoms with E-state index in [9.17, 15) is 4.79 Å². The fourth-order valence-electron chi connectivity index (χ4n) is 5.23. The highest BCUT2D eigenvalue weighted by molar-refractivity contribution is 5.69. The van der Waals surface area contributed by atoms with E-state index in [2.05, 4.69) is 58.1 Å². The number of benzene rings is 2. The zero-order valence-electron chi connectivity index (χ0n) is 20.4. The molecule has 2 aromatic carbocycles. The van der Waals surface area contributed by atoms with Crippen molar-refractivity contribution in [3.8, 4) is 17.6 Å². The molecule has 0 saturated carbocycles. The van der Waals surface area contributed by atoms with Crippen LogP contribution in [0.4, 0.5) is 0 Å². The Hall–Kier alpha value is -3.82. The topological polar surface area (TPSA) is 75.8 Å². The molecule has 0 unspecified atom stereocenters. The van der Waals surface area contributed by atoms with E-state index in [0.717, 1.165) is 43.8 Å². The molecule has 1 spiro atoms. The van der Waals surface area contributed by atoms with Crippen molar-refractivity contribution in [1.82, 2.24) is 9.88 Å². The molecule has 5 rings (SSSR count). The molecule has 1 N–H and O–H groups in total. The SMILES string of the molecule is CC#C[C@@H](CC(=O)O)c1ccc(OCc2ncc(CN3CCC4(C=Cc5ccccc54)CC3)o2)cc1. The monoisotopic (exact) mass is 482 g/mol. The van der Waals surface area contributed by atoms with E-state index in [4.69, 9.17) is 14.3 Å². The van der Waals surface area contributed by atoms with Crippen LogP contribution in [0.3, 0.4) is 0 Å². The lowest BCUT2D eigenvalue weighted by molar-refractivity contribution is -0.137. The number of piperidine rings is 1. The van der Waals surface area contributed by atoms with Gasteiger partial charge in [-0.05, 0) is 61.7 Å². The summed E-state index contributed by atoms with van der Waals surface area (Å²) in [4.78, 5) is 17.9. The number of ether oxygens (including phenoxy) is 1. The minimum atomic E-state index is -0.868. The van der Waals surface area contributed by atoms with E-state index in [1.54, 1.807) is 13.1 Å². The van der Waals surface area contributed by atoms with Crippen LogP contribution in [0.15, 0.2) is 65.2 Å². The first-order chi connectivity index (χ1) is 17.5. The summed E-state index contributed by atoms with van der Waals surface area (Å²) in [5.74, 6) is 6.62. The number of likely N-dealkylation sites (tertiary alicyclic amines) is 1. The van der Waals surface area contributed by atoms with Crippen molar-refractivity contribution in [2.75, 3.05) is 13.1 Å². The van der Waals surface area contributed by atoms with Crippen LogP contribution >= 0.6 is 0 Å². The van der Waals surface area contributed by atoms with E-state index < -0.39 is 5.97 Å². The number of carboxylic acid groups (broad SMARTS) is 1. The number of nitrogens with zero attached hydrogens (tertiary/aromatic N) is 2. The molecule has 0 radical (unpaired) electrons. The zero-order valence-corrected chi connectivity index (χ0v) is 20.4. The number of aromatic nitrogens is 1. The van der Waals surface area contributed by atoms with Crippen molar-refractivity contribution in [1.29, 1.82) is 0 Å². The molecule has 36 heavy (non-hydrogen) atoms. The first-order valence-electron chi connectivity index (χ1n) is 12.4. The predicted octanol–water partition coefficient (Wildman–Crippen LogP) is 5.40. The molecule has 1 saturated heterocycles. The number of fused-ring (bicyclic) bond motifs is 2. The van der Waals surface area contributed by atoms with E-state index in [0.29, 0.717) is 11.6 Å². The Morgan fingerprint density at radius 2 is 1.97 bits per heavy atom. The van der Waals surface area contributed by atoms with Crippen molar-refractivity contribution < 1.29 is 19.1 Å². The van der Waals surface area contributed by atoms with Crippen LogP contribution in [0.5, 0.6) is 5.75 Å². The maximum absolute atomic E-state index is 11.1. The molecular formula is C30H30N2O4. The first-order valence-corrected chi connectivity index (χ1v) is 12.4. The molecule has 1 atom stereocenters. The average molecular weight is 483 g/mol. The van der Waals surface area contributed by atoms with Gasteiger partial charge in [0.1, 0.15) is 11.5 Å². The normalized spacial score (nSPS) is 16.8. The summed E-state index contributed by atoms with van der Waals surface area (Å²) in [6.07, 6.45) is 8.65. The third-order valence-electron chi connectivity index (χ3n) is 7.15. The standard InChI is InChI=1S/C30H30N2O4/c1-2-5-24(18-29(33)34)22-8-10-25(11-9-22)35-21-28-31-19-26(36-28)20-32-16-14-30(15-17-32)13-12-23-6-3-4-7-27(23)30/h3-4,6-13,19,24H,14-18,20-21H2,1H3,(H,33,34)/t24-/m0/s1. The van der Waals surface area contributed by atoms with Gasteiger partial charge in [0.15, 0.2) is 6.61 Å². The molecule has 1 aromatic heterocycles. The summed E-state index contributed by atoms with van der Waals surface area (Å²) in [5, 5.41) is 9.11. The van der Waals surface area contributed by atoms with Crippen LogP contribution in [0.25, 0.3) is 6.08 Å². The molecule has 0 amide bonds. The summed E-state index contributed by atoms with van der Waals surface area (Å²) in [5.41, 5.74) is 3.86. The number of carbonyl (C=O) groups is 1. The maximum atomic E-state index is 11.1. The van der Waals surface area contributed by atoms with Gasteiger partial charge in [0, 0.05) is 5.41 Å². The number of aliphatic carboxylic acids is 1. The molecule has 0 bridgehead atoms. The van der Waals surface area contributed by atoms with Gasteiger partial charge < -0.3 is 14.3 Å². The van der Waals surface area contributed by atoms with Gasteiger partial charge in [0.2, 0.25) is 5.89 Å². The molecular weight excluding hydrogens is 452 g/mol. The number of allylic oxidation sites excluding steroid dienone is 1. The highest BCUT2D eigenvalue weighted by Gasteiger charge is 2.37. The molecule has 184 valence electrons. The van der Waals surface area contributed by atoms with Gasteiger partial charge in [-0.3, -0.25) is 9.69 Å². The quantitative estimate of drug-likeness (QED) is 0.434. The zero-order chi connectivity index (χ0) is 25.0. The smallest absolute Gasteiger partial charge is 0.304 e. The van der Waals surface area contributed by atoms with Crippen molar-refractivity contribution in [2.45, 2.75) is 50.7 Å². The van der Waals surface area contributed by atoms with Crippen LogP contribution in [-0.2, 0) is 23.4 Å². The van der Waals surface area contributed by atoms with Crippen LogP contribution in [0.1, 0.15) is 60.4 Å². The Morgan fingerprint density at radius 1 is 1.19 bits per heavy atom. The number of hydrogen-bond donors (Lipinski definition) is 1. The largest absolute Gasteiger partial charge is 0.484 e. The average Bonchev–Trinajstić information content (AvgIpc) is 3.49. The van der Waals surface area contributed by atoms with Gasteiger partial charge in [0.05, 0.1) is 25.1 Å². The highest BCUT2D eigenvalue weighted by atomic mass is 16.5. The van der Waals surface area contributed by atoms with Gasteiger partial charge in [-0.1, -0.05) is 54.5 Å². The highest BCUT2D eigenvalue weighted by Crippen LogP contribution is 2.43. The summed E-state index contributed by atoms with van der Waals surface area (Å²) >= 11 is 0. The molecule has 1 aliphatic carbocycles. The first kappa shape index (κ1) is 23.9. The Kier molecular flexibility index (Phi) is 6.92.